The molecule has 1 saturated carbocycles. The lowest BCUT2D eigenvalue weighted by Crippen LogP contribution is -2.24. The molecular formula is C14H14N2O4S. The number of furan rings is 1. The summed E-state index contributed by atoms with van der Waals surface area (Å²) in [5.74, 6) is 0.608. The van der Waals surface area contributed by atoms with Gasteiger partial charge in [-0.05, 0) is 31.9 Å². The van der Waals surface area contributed by atoms with Crippen LogP contribution in [0.4, 0.5) is 10.7 Å². The Labute approximate surface area is 125 Å². The van der Waals surface area contributed by atoms with Crippen LogP contribution in [0.15, 0.2) is 28.9 Å². The Bertz CT molecular complexity index is 673. The van der Waals surface area contributed by atoms with Crippen molar-refractivity contribution in [1.82, 2.24) is 0 Å². The molecule has 1 fully saturated rings. The Hall–Kier alpha value is -2.15. The Kier molecular flexibility index (Phi) is 3.50. The highest BCUT2D eigenvalue weighted by Crippen LogP contribution is 2.43. The van der Waals surface area contributed by atoms with E-state index in [4.69, 9.17) is 4.42 Å². The third-order valence-corrected chi connectivity index (χ3v) is 4.65. The maximum absolute atomic E-state index is 11.5. The van der Waals surface area contributed by atoms with Crippen molar-refractivity contribution in [3.8, 4) is 0 Å². The molecule has 1 aliphatic rings. The molecular weight excluding hydrogens is 292 g/mol. The smallest absolute Gasteiger partial charge is 0.304 e. The number of thiophene rings is 1. The van der Waals surface area contributed by atoms with Crippen molar-refractivity contribution >= 4 is 27.8 Å². The fourth-order valence-corrected chi connectivity index (χ4v) is 3.30. The van der Waals surface area contributed by atoms with Crippen LogP contribution in [0.5, 0.6) is 0 Å². The number of carbonyl (C=O) groups is 1. The maximum Gasteiger partial charge on any atom is 0.304 e. The van der Waals surface area contributed by atoms with Crippen molar-refractivity contribution in [1.29, 1.82) is 0 Å². The summed E-state index contributed by atoms with van der Waals surface area (Å²) in [6.45, 7) is 1.91. The van der Waals surface area contributed by atoms with Gasteiger partial charge in [-0.2, -0.15) is 0 Å². The molecule has 0 aliphatic heterocycles. The summed E-state index contributed by atoms with van der Waals surface area (Å²) in [5, 5.41) is 11.8. The normalized spacial score (nSPS) is 14.1. The molecule has 0 aromatic carbocycles. The van der Waals surface area contributed by atoms with Crippen molar-refractivity contribution in [3.05, 3.63) is 45.2 Å². The second-order valence-corrected chi connectivity index (χ2v) is 6.08. The van der Waals surface area contributed by atoms with E-state index >= 15 is 0 Å². The lowest BCUT2D eigenvalue weighted by molar-refractivity contribution is -0.383. The van der Waals surface area contributed by atoms with E-state index in [1.165, 1.54) is 24.3 Å². The molecule has 0 unspecified atom stereocenters. The summed E-state index contributed by atoms with van der Waals surface area (Å²) in [6, 6.07) is 5.30. The molecule has 0 bridgehead atoms. The average Bonchev–Trinajstić information content (AvgIpc) is 2.98. The third kappa shape index (κ3) is 2.82. The number of nitrogens with zero attached hydrogens (tertiary/aromatic N) is 2. The van der Waals surface area contributed by atoms with Crippen LogP contribution in [0, 0.1) is 10.1 Å². The number of rotatable bonds is 6. The highest BCUT2D eigenvalue weighted by molar-refractivity contribution is 7.18. The second kappa shape index (κ2) is 5.33. The van der Waals surface area contributed by atoms with Gasteiger partial charge in [0.05, 0.1) is 22.6 Å². The van der Waals surface area contributed by atoms with Crippen LogP contribution in [0.2, 0.25) is 0 Å². The largest absolute Gasteiger partial charge is 0.467 e. The molecule has 6 nitrogen and oxygen atoms in total. The summed E-state index contributed by atoms with van der Waals surface area (Å²) < 4.78 is 5.34. The molecule has 0 N–H and O–H groups in total. The van der Waals surface area contributed by atoms with E-state index in [0.29, 0.717) is 16.4 Å². The monoisotopic (exact) mass is 306 g/mol. The number of hydrogen-bond acceptors (Lipinski definition) is 6. The molecule has 0 spiro atoms. The van der Waals surface area contributed by atoms with Crippen molar-refractivity contribution in [2.24, 2.45) is 0 Å². The SMILES string of the molecule is CC(=O)c1cc([N+](=O)[O-])c(N(Cc2ccco2)C2CC2)s1. The summed E-state index contributed by atoms with van der Waals surface area (Å²) in [7, 11) is 0. The molecule has 110 valence electrons. The summed E-state index contributed by atoms with van der Waals surface area (Å²) in [5.41, 5.74) is 0.00339. The summed E-state index contributed by atoms with van der Waals surface area (Å²) in [6.07, 6.45) is 3.60. The van der Waals surface area contributed by atoms with Crippen molar-refractivity contribution in [2.45, 2.75) is 32.4 Å². The van der Waals surface area contributed by atoms with Crippen LogP contribution in [0.1, 0.15) is 35.2 Å². The predicted molar refractivity (Wildman–Crippen MR) is 78.9 cm³/mol. The van der Waals surface area contributed by atoms with Gasteiger partial charge in [0, 0.05) is 12.1 Å². The minimum atomic E-state index is -0.421. The van der Waals surface area contributed by atoms with Gasteiger partial charge in [-0.1, -0.05) is 0 Å². The van der Waals surface area contributed by atoms with E-state index in [2.05, 4.69) is 0 Å². The Morgan fingerprint density at radius 3 is 2.86 bits per heavy atom. The number of carbonyl (C=O) groups excluding carboxylic acids is 1. The molecule has 2 heterocycles. The average molecular weight is 306 g/mol. The molecule has 0 amide bonds. The van der Waals surface area contributed by atoms with Crippen LogP contribution < -0.4 is 4.90 Å². The second-order valence-electron chi connectivity index (χ2n) is 5.05. The number of anilines is 1. The summed E-state index contributed by atoms with van der Waals surface area (Å²) in [4.78, 5) is 24.7. The quantitative estimate of drug-likeness (QED) is 0.463. The molecule has 2 aromatic heterocycles. The number of ketones is 1. The van der Waals surface area contributed by atoms with E-state index in [1.54, 1.807) is 12.3 Å². The summed E-state index contributed by atoms with van der Waals surface area (Å²) >= 11 is 1.19. The van der Waals surface area contributed by atoms with Gasteiger partial charge in [0.15, 0.2) is 10.8 Å². The minimum Gasteiger partial charge on any atom is -0.467 e. The van der Waals surface area contributed by atoms with Crippen molar-refractivity contribution in [2.75, 3.05) is 4.90 Å². The molecule has 3 rings (SSSR count). The third-order valence-electron chi connectivity index (χ3n) is 3.39. The Morgan fingerprint density at radius 1 is 1.57 bits per heavy atom. The standard InChI is InChI=1S/C14H14N2O4S/c1-9(17)13-7-12(16(18)19)14(21-13)15(10-4-5-10)8-11-3-2-6-20-11/h2-3,6-7,10H,4-5,8H2,1H3. The topological polar surface area (TPSA) is 76.6 Å². The molecule has 0 atom stereocenters. The van der Waals surface area contributed by atoms with Crippen molar-refractivity contribution in [3.63, 3.8) is 0 Å². The molecule has 0 radical (unpaired) electrons. The zero-order valence-electron chi connectivity index (χ0n) is 11.4. The first kappa shape index (κ1) is 13.8. The van der Waals surface area contributed by atoms with Gasteiger partial charge in [0.25, 0.3) is 0 Å². The van der Waals surface area contributed by atoms with Gasteiger partial charge in [-0.3, -0.25) is 14.9 Å². The van der Waals surface area contributed by atoms with Gasteiger partial charge in [-0.15, -0.1) is 11.3 Å². The van der Waals surface area contributed by atoms with E-state index in [1.807, 2.05) is 11.0 Å². The van der Waals surface area contributed by atoms with Crippen LogP contribution in [0.3, 0.4) is 0 Å². The number of Topliss-reactive ketones (excluding diaryl/α,β-unsaturated/α-hetero) is 1. The predicted octanol–water partition coefficient (Wildman–Crippen LogP) is 3.62. The van der Waals surface area contributed by atoms with Gasteiger partial charge in [-0.25, -0.2) is 0 Å². The van der Waals surface area contributed by atoms with Gasteiger partial charge >= 0.3 is 5.69 Å². The van der Waals surface area contributed by atoms with Crippen LogP contribution in [-0.2, 0) is 6.54 Å². The van der Waals surface area contributed by atoms with Crippen LogP contribution in [-0.4, -0.2) is 16.7 Å². The van der Waals surface area contributed by atoms with Crippen LogP contribution >= 0.6 is 11.3 Å². The van der Waals surface area contributed by atoms with E-state index in [0.717, 1.165) is 18.6 Å². The fraction of sp³-hybridized carbons (Fsp3) is 0.357. The van der Waals surface area contributed by atoms with Gasteiger partial charge in [0.1, 0.15) is 5.76 Å². The first-order valence-corrected chi connectivity index (χ1v) is 7.46. The number of hydrogen-bond donors (Lipinski definition) is 0. The fourth-order valence-electron chi connectivity index (χ4n) is 2.21. The lowest BCUT2D eigenvalue weighted by atomic mass is 10.3. The molecule has 7 heteroatoms. The first-order valence-electron chi connectivity index (χ1n) is 6.64. The molecule has 2 aromatic rings. The van der Waals surface area contributed by atoms with E-state index in [-0.39, 0.29) is 17.5 Å². The number of nitro groups is 1. The van der Waals surface area contributed by atoms with Gasteiger partial charge < -0.3 is 9.32 Å². The first-order chi connectivity index (χ1) is 10.1. The molecule has 1 aliphatic carbocycles. The zero-order chi connectivity index (χ0) is 15.0. The zero-order valence-corrected chi connectivity index (χ0v) is 12.3. The van der Waals surface area contributed by atoms with Crippen LogP contribution in [0.25, 0.3) is 0 Å². The van der Waals surface area contributed by atoms with Crippen molar-refractivity contribution < 1.29 is 14.1 Å². The Morgan fingerprint density at radius 2 is 2.33 bits per heavy atom. The molecule has 21 heavy (non-hydrogen) atoms. The molecule has 0 saturated heterocycles. The lowest BCUT2D eigenvalue weighted by Gasteiger charge is -2.20. The minimum absolute atomic E-state index is 0.00339. The van der Waals surface area contributed by atoms with Gasteiger partial charge in [0.2, 0.25) is 0 Å². The highest BCUT2D eigenvalue weighted by atomic mass is 32.1. The maximum atomic E-state index is 11.5. The van der Waals surface area contributed by atoms with E-state index in [9.17, 15) is 14.9 Å². The highest BCUT2D eigenvalue weighted by Gasteiger charge is 2.35. The van der Waals surface area contributed by atoms with E-state index < -0.39 is 4.92 Å². The Balaban J connectivity index is 1.98.